The van der Waals surface area contributed by atoms with Crippen LogP contribution in [0.5, 0.6) is 5.75 Å². The highest BCUT2D eigenvalue weighted by Crippen LogP contribution is 2.29. The van der Waals surface area contributed by atoms with E-state index in [9.17, 15) is 9.59 Å². The summed E-state index contributed by atoms with van der Waals surface area (Å²) in [7, 11) is 1.29. The van der Waals surface area contributed by atoms with Crippen LogP contribution in [0.15, 0.2) is 60.7 Å². The van der Waals surface area contributed by atoms with Crippen LogP contribution in [0.4, 0.5) is 0 Å². The van der Waals surface area contributed by atoms with Crippen LogP contribution in [0.3, 0.4) is 0 Å². The molecule has 0 saturated carbocycles. The van der Waals surface area contributed by atoms with Gasteiger partial charge in [0.2, 0.25) is 0 Å². The minimum Gasteiger partial charge on any atom is -0.465 e. The molecule has 5 nitrogen and oxygen atoms in total. The highest BCUT2D eigenvalue weighted by molar-refractivity contribution is 6.08. The van der Waals surface area contributed by atoms with Gasteiger partial charge in [0.15, 0.2) is 0 Å². The molecule has 25 heavy (non-hydrogen) atoms. The van der Waals surface area contributed by atoms with Gasteiger partial charge < -0.3 is 15.2 Å². The molecule has 0 saturated heterocycles. The molecule has 0 radical (unpaired) electrons. The van der Waals surface area contributed by atoms with Crippen LogP contribution in [-0.2, 0) is 11.3 Å². The molecule has 0 aliphatic heterocycles. The zero-order valence-corrected chi connectivity index (χ0v) is 13.7. The zero-order chi connectivity index (χ0) is 17.8. The van der Waals surface area contributed by atoms with Gasteiger partial charge in [-0.3, -0.25) is 0 Å². The number of rotatable bonds is 4. The monoisotopic (exact) mass is 335 g/mol. The maximum Gasteiger partial charge on any atom is 0.343 e. The lowest BCUT2D eigenvalue weighted by Crippen LogP contribution is -2.13. The molecule has 0 aromatic heterocycles. The van der Waals surface area contributed by atoms with Crippen molar-refractivity contribution in [3.8, 4) is 5.75 Å². The molecule has 0 heterocycles. The second-order valence-corrected chi connectivity index (χ2v) is 5.44. The van der Waals surface area contributed by atoms with E-state index < -0.39 is 11.9 Å². The predicted molar refractivity (Wildman–Crippen MR) is 94.6 cm³/mol. The third-order valence-corrected chi connectivity index (χ3v) is 3.91. The summed E-state index contributed by atoms with van der Waals surface area (Å²) in [6.45, 7) is 0.395. The summed E-state index contributed by atoms with van der Waals surface area (Å²) in [5.74, 6) is -0.944. The van der Waals surface area contributed by atoms with E-state index >= 15 is 0 Å². The predicted octanol–water partition coefficient (Wildman–Crippen LogP) is 3.30. The van der Waals surface area contributed by atoms with Gasteiger partial charge in [0.1, 0.15) is 11.3 Å². The number of nitrogens with two attached hydrogens (primary N) is 1. The number of fused-ring (bicyclic) bond motifs is 1. The van der Waals surface area contributed by atoms with E-state index in [-0.39, 0.29) is 11.3 Å². The van der Waals surface area contributed by atoms with E-state index in [1.165, 1.54) is 7.11 Å². The van der Waals surface area contributed by atoms with E-state index in [0.29, 0.717) is 17.5 Å². The van der Waals surface area contributed by atoms with Crippen molar-refractivity contribution in [2.24, 2.45) is 5.73 Å². The Bertz CT molecular complexity index is 932. The van der Waals surface area contributed by atoms with Crippen LogP contribution in [0.1, 0.15) is 26.3 Å². The molecule has 0 aliphatic carbocycles. The molecule has 0 spiro atoms. The molecule has 126 valence electrons. The second-order valence-electron chi connectivity index (χ2n) is 5.44. The first kappa shape index (κ1) is 16.7. The lowest BCUT2D eigenvalue weighted by Gasteiger charge is -2.12. The van der Waals surface area contributed by atoms with Crippen LogP contribution in [0.25, 0.3) is 10.8 Å². The van der Waals surface area contributed by atoms with Gasteiger partial charge in [0.05, 0.1) is 12.7 Å². The molecule has 0 atom stereocenters. The van der Waals surface area contributed by atoms with Crippen molar-refractivity contribution in [1.29, 1.82) is 0 Å². The largest absolute Gasteiger partial charge is 0.465 e. The average Bonchev–Trinajstić information content (AvgIpc) is 2.67. The van der Waals surface area contributed by atoms with E-state index in [2.05, 4.69) is 0 Å². The Kier molecular flexibility index (Phi) is 4.77. The first-order chi connectivity index (χ1) is 12.1. The molecule has 3 aromatic carbocycles. The highest BCUT2D eigenvalue weighted by atomic mass is 16.5. The average molecular weight is 335 g/mol. The summed E-state index contributed by atoms with van der Waals surface area (Å²) in [6, 6.07) is 17.5. The van der Waals surface area contributed by atoms with Gasteiger partial charge in [0, 0.05) is 6.54 Å². The lowest BCUT2D eigenvalue weighted by atomic mass is 10.0. The topological polar surface area (TPSA) is 78.6 Å². The van der Waals surface area contributed by atoms with Gasteiger partial charge in [-0.05, 0) is 34.5 Å². The number of hydrogen-bond donors (Lipinski definition) is 1. The summed E-state index contributed by atoms with van der Waals surface area (Å²) in [5.41, 5.74) is 7.07. The highest BCUT2D eigenvalue weighted by Gasteiger charge is 2.20. The number of hydrogen-bond acceptors (Lipinski definition) is 5. The SMILES string of the molecule is COC(=O)c1c(OC(=O)c2ccc(CN)cc2)ccc2ccccc12. The maximum absolute atomic E-state index is 12.4. The Morgan fingerprint density at radius 3 is 2.32 bits per heavy atom. The van der Waals surface area contributed by atoms with Gasteiger partial charge in [-0.15, -0.1) is 0 Å². The number of carbonyl (C=O) groups excluding carboxylic acids is 2. The third-order valence-electron chi connectivity index (χ3n) is 3.91. The normalized spacial score (nSPS) is 10.5. The van der Waals surface area contributed by atoms with Crippen LogP contribution < -0.4 is 10.5 Å². The Hall–Kier alpha value is -3.18. The fourth-order valence-electron chi connectivity index (χ4n) is 2.58. The molecular weight excluding hydrogens is 318 g/mol. The van der Waals surface area contributed by atoms with Crippen molar-refractivity contribution in [1.82, 2.24) is 0 Å². The summed E-state index contributed by atoms with van der Waals surface area (Å²) in [5, 5.41) is 1.52. The molecule has 0 fully saturated rings. The van der Waals surface area contributed by atoms with Gasteiger partial charge in [0.25, 0.3) is 0 Å². The van der Waals surface area contributed by atoms with Gasteiger partial charge in [-0.2, -0.15) is 0 Å². The molecular formula is C20H17NO4. The minimum atomic E-state index is -0.557. The number of benzene rings is 3. The van der Waals surface area contributed by atoms with Crippen molar-refractivity contribution in [3.05, 3.63) is 77.4 Å². The zero-order valence-electron chi connectivity index (χ0n) is 13.7. The van der Waals surface area contributed by atoms with Crippen LogP contribution in [0, 0.1) is 0 Å². The fourth-order valence-corrected chi connectivity index (χ4v) is 2.58. The Labute approximate surface area is 145 Å². The summed E-state index contributed by atoms with van der Waals surface area (Å²) < 4.78 is 10.3. The van der Waals surface area contributed by atoms with E-state index in [4.69, 9.17) is 15.2 Å². The molecule has 0 amide bonds. The lowest BCUT2D eigenvalue weighted by molar-refractivity contribution is 0.0595. The van der Waals surface area contributed by atoms with Crippen molar-refractivity contribution in [3.63, 3.8) is 0 Å². The van der Waals surface area contributed by atoms with E-state index in [1.54, 1.807) is 42.5 Å². The molecule has 0 aliphatic rings. The molecule has 5 heteroatoms. The van der Waals surface area contributed by atoms with Crippen molar-refractivity contribution in [2.75, 3.05) is 7.11 Å². The summed E-state index contributed by atoms with van der Waals surface area (Å²) >= 11 is 0. The van der Waals surface area contributed by atoms with Crippen LogP contribution in [-0.4, -0.2) is 19.0 Å². The molecule has 0 unspecified atom stereocenters. The minimum absolute atomic E-state index is 0.165. The number of carbonyl (C=O) groups is 2. The van der Waals surface area contributed by atoms with Crippen LogP contribution >= 0.6 is 0 Å². The molecule has 0 bridgehead atoms. The van der Waals surface area contributed by atoms with E-state index in [1.807, 2.05) is 18.2 Å². The smallest absolute Gasteiger partial charge is 0.343 e. The van der Waals surface area contributed by atoms with E-state index in [0.717, 1.165) is 10.9 Å². The fraction of sp³-hybridized carbons (Fsp3) is 0.100. The number of esters is 2. The Morgan fingerprint density at radius 2 is 1.64 bits per heavy atom. The van der Waals surface area contributed by atoms with Crippen LogP contribution in [0.2, 0.25) is 0 Å². The summed E-state index contributed by atoms with van der Waals surface area (Å²) in [6.07, 6.45) is 0. The molecule has 2 N–H and O–H groups in total. The van der Waals surface area contributed by atoms with Crippen molar-refractivity contribution >= 4 is 22.7 Å². The van der Waals surface area contributed by atoms with Gasteiger partial charge >= 0.3 is 11.9 Å². The standard InChI is InChI=1S/C20H17NO4/c1-24-20(23)18-16-5-3-2-4-14(16)10-11-17(18)25-19(22)15-8-6-13(12-21)7-9-15/h2-11H,12,21H2,1H3. The quantitative estimate of drug-likeness (QED) is 0.584. The second kappa shape index (κ2) is 7.15. The first-order valence-corrected chi connectivity index (χ1v) is 7.75. The maximum atomic E-state index is 12.4. The Balaban J connectivity index is 1.99. The molecule has 3 aromatic rings. The Morgan fingerprint density at radius 1 is 0.920 bits per heavy atom. The van der Waals surface area contributed by atoms with Gasteiger partial charge in [-0.25, -0.2) is 9.59 Å². The molecule has 3 rings (SSSR count). The van der Waals surface area contributed by atoms with Crippen molar-refractivity contribution < 1.29 is 19.1 Å². The van der Waals surface area contributed by atoms with Gasteiger partial charge in [-0.1, -0.05) is 42.5 Å². The summed E-state index contributed by atoms with van der Waals surface area (Å²) in [4.78, 5) is 24.6. The number of methoxy groups -OCH3 is 1. The third kappa shape index (κ3) is 3.36. The number of ether oxygens (including phenoxy) is 2. The first-order valence-electron chi connectivity index (χ1n) is 7.75. The van der Waals surface area contributed by atoms with Crippen molar-refractivity contribution in [2.45, 2.75) is 6.54 Å².